The average Bonchev–Trinajstić information content (AvgIpc) is 2.15. The Morgan fingerprint density at radius 2 is 1.71 bits per heavy atom. The Morgan fingerprint density at radius 3 is 2.18 bits per heavy atom. The van der Waals surface area contributed by atoms with E-state index in [0.717, 1.165) is 13.1 Å². The van der Waals surface area contributed by atoms with Crippen LogP contribution >= 0.6 is 0 Å². The zero-order chi connectivity index (χ0) is 13.1. The molecule has 1 rings (SSSR count). The van der Waals surface area contributed by atoms with E-state index in [-0.39, 0.29) is 17.6 Å². The second-order valence-corrected chi connectivity index (χ2v) is 4.66. The van der Waals surface area contributed by atoms with Crippen molar-refractivity contribution in [3.8, 4) is 6.01 Å². The van der Waals surface area contributed by atoms with Gasteiger partial charge in [-0.3, -0.25) is 0 Å². The van der Waals surface area contributed by atoms with E-state index in [1.165, 1.54) is 0 Å². The van der Waals surface area contributed by atoms with Crippen LogP contribution in [0.1, 0.15) is 34.6 Å². The Bertz CT molecular complexity index is 371. The molecule has 0 aliphatic heterocycles. The summed E-state index contributed by atoms with van der Waals surface area (Å²) in [5.74, 6) is 0.739. The summed E-state index contributed by atoms with van der Waals surface area (Å²) in [6.45, 7) is 11.5. The molecule has 1 heterocycles. The van der Waals surface area contributed by atoms with Gasteiger partial charge in [-0.2, -0.15) is 15.0 Å². The first-order chi connectivity index (χ1) is 7.85. The zero-order valence-corrected chi connectivity index (χ0v) is 11.2. The van der Waals surface area contributed by atoms with Gasteiger partial charge in [-0.15, -0.1) is 0 Å². The number of rotatable bonds is 4. The Labute approximate surface area is 102 Å². The summed E-state index contributed by atoms with van der Waals surface area (Å²) < 4.78 is 5.59. The molecule has 0 bridgehead atoms. The van der Waals surface area contributed by atoms with Crippen molar-refractivity contribution in [3.05, 3.63) is 0 Å². The van der Waals surface area contributed by atoms with Crippen LogP contribution in [0.4, 0.5) is 11.9 Å². The maximum Gasteiger partial charge on any atom is 0.323 e. The molecule has 0 atom stereocenters. The first-order valence-electron chi connectivity index (χ1n) is 5.81. The van der Waals surface area contributed by atoms with E-state index in [4.69, 9.17) is 10.5 Å². The highest BCUT2D eigenvalue weighted by molar-refractivity contribution is 5.35. The quantitative estimate of drug-likeness (QED) is 0.857. The highest BCUT2D eigenvalue weighted by Gasteiger charge is 2.16. The highest BCUT2D eigenvalue weighted by atomic mass is 16.5. The molecule has 96 valence electrons. The number of anilines is 2. The fourth-order valence-corrected chi connectivity index (χ4v) is 1.33. The SMILES string of the molecule is CCN(CC)c1nc(N)nc(OC(C)(C)C)n1. The molecule has 1 aromatic rings. The Hall–Kier alpha value is -1.59. The predicted octanol–water partition coefficient (Wildman–Crippen LogP) is 1.48. The van der Waals surface area contributed by atoms with Gasteiger partial charge in [-0.05, 0) is 34.6 Å². The number of nitrogen functional groups attached to an aromatic ring is 1. The summed E-state index contributed by atoms with van der Waals surface area (Å²) in [7, 11) is 0. The first kappa shape index (κ1) is 13.5. The number of ether oxygens (including phenoxy) is 1. The van der Waals surface area contributed by atoms with Gasteiger partial charge in [-0.25, -0.2) is 0 Å². The zero-order valence-electron chi connectivity index (χ0n) is 11.2. The lowest BCUT2D eigenvalue weighted by Crippen LogP contribution is -2.27. The third kappa shape index (κ3) is 4.05. The fraction of sp³-hybridized carbons (Fsp3) is 0.727. The Morgan fingerprint density at radius 1 is 1.12 bits per heavy atom. The van der Waals surface area contributed by atoms with Gasteiger partial charge in [0.1, 0.15) is 5.60 Å². The normalized spacial score (nSPS) is 11.4. The van der Waals surface area contributed by atoms with Crippen molar-refractivity contribution in [2.24, 2.45) is 0 Å². The minimum absolute atomic E-state index is 0.182. The second-order valence-electron chi connectivity index (χ2n) is 4.66. The second kappa shape index (κ2) is 5.16. The molecule has 6 nitrogen and oxygen atoms in total. The summed E-state index contributed by atoms with van der Waals surface area (Å²) in [6, 6.07) is 0.270. The molecule has 0 saturated carbocycles. The summed E-state index contributed by atoms with van der Waals surface area (Å²) in [5, 5.41) is 0. The standard InChI is InChI=1S/C11H21N5O/c1-6-16(7-2)9-13-8(12)14-10(15-9)17-11(3,4)5/h6-7H2,1-5H3,(H2,12,13,14,15). The van der Waals surface area contributed by atoms with Crippen LogP contribution in [0.2, 0.25) is 0 Å². The van der Waals surface area contributed by atoms with Gasteiger partial charge in [-0.1, -0.05) is 0 Å². The van der Waals surface area contributed by atoms with Crippen LogP contribution in [0.3, 0.4) is 0 Å². The molecule has 0 aliphatic carbocycles. The van der Waals surface area contributed by atoms with Gasteiger partial charge in [0.15, 0.2) is 0 Å². The summed E-state index contributed by atoms with van der Waals surface area (Å²) in [6.07, 6.45) is 0. The lowest BCUT2D eigenvalue weighted by Gasteiger charge is -2.22. The first-order valence-corrected chi connectivity index (χ1v) is 5.81. The van der Waals surface area contributed by atoms with Crippen LogP contribution in [0.5, 0.6) is 6.01 Å². The van der Waals surface area contributed by atoms with Crippen LogP contribution in [0.15, 0.2) is 0 Å². The summed E-state index contributed by atoms with van der Waals surface area (Å²) in [5.41, 5.74) is 5.30. The average molecular weight is 239 g/mol. The summed E-state index contributed by atoms with van der Waals surface area (Å²) in [4.78, 5) is 14.3. The van der Waals surface area contributed by atoms with Crippen molar-refractivity contribution in [1.82, 2.24) is 15.0 Å². The number of aromatic nitrogens is 3. The van der Waals surface area contributed by atoms with Crippen molar-refractivity contribution in [2.45, 2.75) is 40.2 Å². The van der Waals surface area contributed by atoms with E-state index >= 15 is 0 Å². The fourth-order valence-electron chi connectivity index (χ4n) is 1.33. The lowest BCUT2D eigenvalue weighted by molar-refractivity contribution is 0.117. The van der Waals surface area contributed by atoms with E-state index < -0.39 is 0 Å². The highest BCUT2D eigenvalue weighted by Crippen LogP contribution is 2.17. The van der Waals surface area contributed by atoms with E-state index in [9.17, 15) is 0 Å². The molecule has 0 amide bonds. The maximum absolute atomic E-state index is 5.66. The van der Waals surface area contributed by atoms with Gasteiger partial charge in [0.05, 0.1) is 0 Å². The molecule has 0 unspecified atom stereocenters. The number of hydrogen-bond donors (Lipinski definition) is 1. The van der Waals surface area contributed by atoms with E-state index in [2.05, 4.69) is 15.0 Å². The molecule has 0 radical (unpaired) electrons. The van der Waals surface area contributed by atoms with Gasteiger partial charge in [0.2, 0.25) is 11.9 Å². The van der Waals surface area contributed by atoms with Crippen molar-refractivity contribution < 1.29 is 4.74 Å². The monoisotopic (exact) mass is 239 g/mol. The summed E-state index contributed by atoms with van der Waals surface area (Å²) >= 11 is 0. The number of hydrogen-bond acceptors (Lipinski definition) is 6. The number of nitrogens with two attached hydrogens (primary N) is 1. The molecular weight excluding hydrogens is 218 g/mol. The molecule has 0 spiro atoms. The topological polar surface area (TPSA) is 77.2 Å². The van der Waals surface area contributed by atoms with Gasteiger partial charge in [0.25, 0.3) is 0 Å². The molecule has 6 heteroatoms. The van der Waals surface area contributed by atoms with Crippen molar-refractivity contribution in [1.29, 1.82) is 0 Å². The van der Waals surface area contributed by atoms with E-state index in [1.54, 1.807) is 0 Å². The maximum atomic E-state index is 5.66. The molecule has 0 saturated heterocycles. The Balaban J connectivity index is 3.01. The smallest absolute Gasteiger partial charge is 0.323 e. The van der Waals surface area contributed by atoms with Crippen LogP contribution in [0, 0.1) is 0 Å². The van der Waals surface area contributed by atoms with Crippen LogP contribution in [-0.2, 0) is 0 Å². The molecule has 0 fully saturated rings. The van der Waals surface area contributed by atoms with Crippen molar-refractivity contribution in [2.75, 3.05) is 23.7 Å². The molecule has 2 N–H and O–H groups in total. The Kier molecular flexibility index (Phi) is 4.09. The van der Waals surface area contributed by atoms with Crippen molar-refractivity contribution in [3.63, 3.8) is 0 Å². The molecular formula is C11H21N5O. The minimum Gasteiger partial charge on any atom is -0.458 e. The third-order valence-corrected chi connectivity index (χ3v) is 2.06. The number of nitrogens with zero attached hydrogens (tertiary/aromatic N) is 4. The van der Waals surface area contributed by atoms with Crippen LogP contribution < -0.4 is 15.4 Å². The van der Waals surface area contributed by atoms with Gasteiger partial charge in [0, 0.05) is 13.1 Å². The molecule has 0 aliphatic rings. The van der Waals surface area contributed by atoms with Gasteiger partial charge >= 0.3 is 6.01 Å². The third-order valence-electron chi connectivity index (χ3n) is 2.06. The minimum atomic E-state index is -0.353. The van der Waals surface area contributed by atoms with Crippen molar-refractivity contribution >= 4 is 11.9 Å². The van der Waals surface area contributed by atoms with Gasteiger partial charge < -0.3 is 15.4 Å². The van der Waals surface area contributed by atoms with Crippen LogP contribution in [0.25, 0.3) is 0 Å². The largest absolute Gasteiger partial charge is 0.458 e. The van der Waals surface area contributed by atoms with Crippen LogP contribution in [-0.4, -0.2) is 33.6 Å². The lowest BCUT2D eigenvalue weighted by atomic mass is 10.2. The predicted molar refractivity (Wildman–Crippen MR) is 68.2 cm³/mol. The molecule has 0 aromatic carbocycles. The van der Waals surface area contributed by atoms with E-state index in [1.807, 2.05) is 39.5 Å². The van der Waals surface area contributed by atoms with E-state index in [0.29, 0.717) is 5.95 Å². The molecule has 17 heavy (non-hydrogen) atoms. The molecule has 1 aromatic heterocycles.